The first-order valence-corrected chi connectivity index (χ1v) is 6.49. The highest BCUT2D eigenvalue weighted by Crippen LogP contribution is 2.17. The third-order valence-electron chi connectivity index (χ3n) is 2.86. The first-order valence-electron chi connectivity index (χ1n) is 6.11. The van der Waals surface area contributed by atoms with Gasteiger partial charge >= 0.3 is 7.12 Å². The molecule has 2 aromatic carbocycles. The van der Waals surface area contributed by atoms with Crippen LogP contribution in [0.15, 0.2) is 48.5 Å². The number of carbonyl (C=O) groups excluding carboxylic acids is 1. The second-order valence-electron chi connectivity index (χ2n) is 4.37. The van der Waals surface area contributed by atoms with Gasteiger partial charge in [-0.3, -0.25) is 4.79 Å². The minimum absolute atomic E-state index is 0.00844. The van der Waals surface area contributed by atoms with Crippen LogP contribution in [0.5, 0.6) is 0 Å². The second kappa shape index (κ2) is 6.67. The van der Waals surface area contributed by atoms with E-state index in [9.17, 15) is 9.18 Å². The quantitative estimate of drug-likeness (QED) is 0.516. The standard InChI is InChI=1S/C15H11BClFO3/c17-13-9-10(1-7-14(13)18)2-8-15(19)11-3-5-12(6-4-11)16(20)21/h1-9,20-21H. The molecule has 3 nitrogen and oxygen atoms in total. The number of benzene rings is 2. The van der Waals surface area contributed by atoms with Crippen molar-refractivity contribution in [1.82, 2.24) is 0 Å². The molecule has 2 aromatic rings. The molecule has 0 unspecified atom stereocenters. The van der Waals surface area contributed by atoms with E-state index in [0.29, 0.717) is 16.6 Å². The van der Waals surface area contributed by atoms with Crippen LogP contribution in [0.3, 0.4) is 0 Å². The fourth-order valence-electron chi connectivity index (χ4n) is 1.70. The average Bonchev–Trinajstić information content (AvgIpc) is 2.48. The summed E-state index contributed by atoms with van der Waals surface area (Å²) in [7, 11) is -1.56. The van der Waals surface area contributed by atoms with Crippen molar-refractivity contribution in [1.29, 1.82) is 0 Å². The lowest BCUT2D eigenvalue weighted by Gasteiger charge is -2.00. The van der Waals surface area contributed by atoms with Gasteiger partial charge in [-0.1, -0.05) is 48.0 Å². The van der Waals surface area contributed by atoms with Crippen molar-refractivity contribution in [2.45, 2.75) is 0 Å². The first kappa shape index (κ1) is 15.4. The smallest absolute Gasteiger partial charge is 0.423 e. The van der Waals surface area contributed by atoms with Gasteiger partial charge in [0, 0.05) is 5.56 Å². The molecule has 0 heterocycles. The Hall–Kier alpha value is -1.95. The van der Waals surface area contributed by atoms with E-state index in [0.717, 1.165) is 0 Å². The molecule has 6 heteroatoms. The van der Waals surface area contributed by atoms with Crippen molar-refractivity contribution in [3.8, 4) is 0 Å². The summed E-state index contributed by atoms with van der Waals surface area (Å²) in [6.45, 7) is 0. The third-order valence-corrected chi connectivity index (χ3v) is 3.15. The van der Waals surface area contributed by atoms with E-state index in [1.54, 1.807) is 0 Å². The van der Waals surface area contributed by atoms with E-state index in [-0.39, 0.29) is 10.8 Å². The summed E-state index contributed by atoms with van der Waals surface area (Å²) < 4.78 is 13.0. The van der Waals surface area contributed by atoms with Crippen molar-refractivity contribution < 1.29 is 19.2 Å². The number of rotatable bonds is 4. The largest absolute Gasteiger partial charge is 0.488 e. The zero-order valence-electron chi connectivity index (χ0n) is 10.8. The molecule has 0 radical (unpaired) electrons. The van der Waals surface area contributed by atoms with E-state index < -0.39 is 12.9 Å². The molecule has 0 aliphatic heterocycles. The van der Waals surface area contributed by atoms with Crippen LogP contribution >= 0.6 is 11.6 Å². The van der Waals surface area contributed by atoms with Crippen LogP contribution in [0, 0.1) is 5.82 Å². The van der Waals surface area contributed by atoms with E-state index in [2.05, 4.69) is 0 Å². The second-order valence-corrected chi connectivity index (χ2v) is 4.77. The van der Waals surface area contributed by atoms with Gasteiger partial charge in [0.15, 0.2) is 5.78 Å². The topological polar surface area (TPSA) is 57.5 Å². The van der Waals surface area contributed by atoms with Crippen LogP contribution in [0.25, 0.3) is 6.08 Å². The van der Waals surface area contributed by atoms with Gasteiger partial charge in [0.2, 0.25) is 0 Å². The zero-order chi connectivity index (χ0) is 15.4. The number of hydrogen-bond acceptors (Lipinski definition) is 3. The van der Waals surface area contributed by atoms with Gasteiger partial charge in [-0.15, -0.1) is 0 Å². The summed E-state index contributed by atoms with van der Waals surface area (Å²) in [5.41, 5.74) is 1.32. The fraction of sp³-hybridized carbons (Fsp3) is 0. The van der Waals surface area contributed by atoms with Gasteiger partial charge in [-0.05, 0) is 29.2 Å². The predicted octanol–water partition coefficient (Wildman–Crippen LogP) is 2.06. The number of allylic oxidation sites excluding steroid dienone is 1. The lowest BCUT2D eigenvalue weighted by atomic mass is 9.80. The summed E-state index contributed by atoms with van der Waals surface area (Å²) in [4.78, 5) is 11.9. The van der Waals surface area contributed by atoms with Crippen molar-refractivity contribution >= 4 is 36.0 Å². The Bertz CT molecular complexity index is 684. The molecule has 0 amide bonds. The lowest BCUT2D eigenvalue weighted by Crippen LogP contribution is -2.29. The molecule has 21 heavy (non-hydrogen) atoms. The first-order chi connectivity index (χ1) is 9.97. The van der Waals surface area contributed by atoms with E-state index in [4.69, 9.17) is 21.6 Å². The Kier molecular flexibility index (Phi) is 4.91. The molecule has 0 atom stereocenters. The molecule has 0 aromatic heterocycles. The Morgan fingerprint density at radius 1 is 1.14 bits per heavy atom. The molecular formula is C15H11BClFO3. The maximum Gasteiger partial charge on any atom is 0.488 e. The summed E-state index contributed by atoms with van der Waals surface area (Å²) in [5.74, 6) is -0.771. The molecule has 0 fully saturated rings. The lowest BCUT2D eigenvalue weighted by molar-refractivity contribution is 0.104. The Labute approximate surface area is 126 Å². The molecule has 0 aliphatic carbocycles. The van der Waals surface area contributed by atoms with Gasteiger partial charge < -0.3 is 10.0 Å². The molecule has 2 N–H and O–H groups in total. The van der Waals surface area contributed by atoms with Crippen LogP contribution in [0.1, 0.15) is 15.9 Å². The minimum Gasteiger partial charge on any atom is -0.423 e. The molecule has 0 bridgehead atoms. The predicted molar refractivity (Wildman–Crippen MR) is 81.0 cm³/mol. The van der Waals surface area contributed by atoms with Crippen molar-refractivity contribution in [2.24, 2.45) is 0 Å². The molecular weight excluding hydrogens is 293 g/mol. The monoisotopic (exact) mass is 304 g/mol. The number of ketones is 1. The maximum absolute atomic E-state index is 13.0. The van der Waals surface area contributed by atoms with Crippen LogP contribution in [-0.4, -0.2) is 22.9 Å². The van der Waals surface area contributed by atoms with Crippen LogP contribution < -0.4 is 5.46 Å². The SMILES string of the molecule is O=C(C=Cc1ccc(F)c(Cl)c1)c1ccc(B(O)O)cc1. The highest BCUT2D eigenvalue weighted by Gasteiger charge is 2.11. The number of halogens is 2. The van der Waals surface area contributed by atoms with Gasteiger partial charge in [0.1, 0.15) is 5.82 Å². The minimum atomic E-state index is -1.56. The van der Waals surface area contributed by atoms with Crippen LogP contribution in [0.4, 0.5) is 4.39 Å². The molecule has 2 rings (SSSR count). The highest BCUT2D eigenvalue weighted by molar-refractivity contribution is 6.58. The van der Waals surface area contributed by atoms with Gasteiger partial charge in [0.25, 0.3) is 0 Å². The Morgan fingerprint density at radius 2 is 1.81 bits per heavy atom. The summed E-state index contributed by atoms with van der Waals surface area (Å²) >= 11 is 5.65. The third kappa shape index (κ3) is 4.01. The molecule has 106 valence electrons. The number of hydrogen-bond donors (Lipinski definition) is 2. The van der Waals surface area contributed by atoms with Crippen LogP contribution in [0.2, 0.25) is 5.02 Å². The molecule has 0 spiro atoms. The highest BCUT2D eigenvalue weighted by atomic mass is 35.5. The van der Waals surface area contributed by atoms with Crippen LogP contribution in [-0.2, 0) is 0 Å². The fourth-order valence-corrected chi connectivity index (χ4v) is 1.89. The zero-order valence-corrected chi connectivity index (χ0v) is 11.6. The number of carbonyl (C=O) groups is 1. The maximum atomic E-state index is 13.0. The Morgan fingerprint density at radius 3 is 2.38 bits per heavy atom. The summed E-state index contributed by atoms with van der Waals surface area (Å²) in [6.07, 6.45) is 2.87. The van der Waals surface area contributed by atoms with E-state index in [1.165, 1.54) is 54.6 Å². The average molecular weight is 305 g/mol. The molecule has 0 aliphatic rings. The van der Waals surface area contributed by atoms with Crippen molar-refractivity contribution in [3.63, 3.8) is 0 Å². The molecule has 0 saturated carbocycles. The van der Waals surface area contributed by atoms with Crippen molar-refractivity contribution in [2.75, 3.05) is 0 Å². The Balaban J connectivity index is 2.13. The van der Waals surface area contributed by atoms with E-state index in [1.807, 2.05) is 0 Å². The van der Waals surface area contributed by atoms with Gasteiger partial charge in [0.05, 0.1) is 5.02 Å². The normalized spacial score (nSPS) is 10.9. The molecule has 0 saturated heterocycles. The summed E-state index contributed by atoms with van der Waals surface area (Å²) in [5, 5.41) is 17.9. The van der Waals surface area contributed by atoms with E-state index >= 15 is 0 Å². The van der Waals surface area contributed by atoms with Gasteiger partial charge in [-0.2, -0.15) is 0 Å². The summed E-state index contributed by atoms with van der Waals surface area (Å²) in [6, 6.07) is 10.1. The van der Waals surface area contributed by atoms with Crippen molar-refractivity contribution in [3.05, 3.63) is 70.5 Å². The van der Waals surface area contributed by atoms with Gasteiger partial charge in [-0.25, -0.2) is 4.39 Å².